The molecule has 0 aromatic heterocycles. The number of benzene rings is 2. The van der Waals surface area contributed by atoms with Gasteiger partial charge in [-0.25, -0.2) is 0 Å². The molecule has 0 spiro atoms. The molecule has 0 aliphatic heterocycles. The van der Waals surface area contributed by atoms with Crippen molar-refractivity contribution in [1.29, 1.82) is 0 Å². The van der Waals surface area contributed by atoms with E-state index < -0.39 is 37.0 Å². The van der Waals surface area contributed by atoms with Gasteiger partial charge in [0.05, 0.1) is 16.6 Å². The quantitative estimate of drug-likeness (QED) is 0.577. The van der Waals surface area contributed by atoms with E-state index in [0.29, 0.717) is 20.6 Å². The van der Waals surface area contributed by atoms with Crippen LogP contribution in [0.1, 0.15) is 28.9 Å². The Morgan fingerprint density at radius 2 is 1.59 bits per heavy atom. The Kier molecular flexibility index (Phi) is 8.59. The zero-order valence-electron chi connectivity index (χ0n) is 15.1. The molecule has 2 N–H and O–H groups in total. The lowest BCUT2D eigenvalue weighted by atomic mass is 10.1. The molecule has 10 heteroatoms. The molecular formula is C19H16Cl4N2O4. The Morgan fingerprint density at radius 1 is 0.966 bits per heavy atom. The van der Waals surface area contributed by atoms with Crippen LogP contribution >= 0.6 is 46.4 Å². The van der Waals surface area contributed by atoms with Crippen LogP contribution in [0.2, 0.25) is 20.1 Å². The number of nitrogens with one attached hydrogen (secondary N) is 2. The zero-order chi connectivity index (χ0) is 21.6. The van der Waals surface area contributed by atoms with Crippen LogP contribution in [0.15, 0.2) is 36.4 Å². The summed E-state index contributed by atoms with van der Waals surface area (Å²) in [5.41, 5.74) is 0.832. The van der Waals surface area contributed by atoms with Gasteiger partial charge in [0.25, 0.3) is 11.8 Å². The van der Waals surface area contributed by atoms with E-state index in [1.807, 2.05) is 0 Å². The van der Waals surface area contributed by atoms with E-state index in [2.05, 4.69) is 10.6 Å². The van der Waals surface area contributed by atoms with E-state index in [4.69, 9.17) is 51.1 Å². The first-order valence-electron chi connectivity index (χ1n) is 8.30. The second-order valence-corrected chi connectivity index (χ2v) is 7.61. The maximum atomic E-state index is 12.0. The Balaban J connectivity index is 1.78. The van der Waals surface area contributed by atoms with Gasteiger partial charge in [-0.1, -0.05) is 52.5 Å². The SMILES string of the molecule is C[C@H](NC(=O)COC(=O)CNC(=O)c1ccc(Cl)cc1Cl)c1ccc(Cl)cc1Cl. The Morgan fingerprint density at radius 3 is 2.21 bits per heavy atom. The van der Waals surface area contributed by atoms with Gasteiger partial charge in [-0.2, -0.15) is 0 Å². The Labute approximate surface area is 187 Å². The molecule has 0 aliphatic carbocycles. The fraction of sp³-hybridized carbons (Fsp3) is 0.211. The van der Waals surface area contributed by atoms with Crippen LogP contribution in [0.3, 0.4) is 0 Å². The number of esters is 1. The van der Waals surface area contributed by atoms with Gasteiger partial charge in [-0.15, -0.1) is 0 Å². The van der Waals surface area contributed by atoms with Gasteiger partial charge in [0.15, 0.2) is 6.61 Å². The first-order chi connectivity index (χ1) is 13.7. The molecule has 2 rings (SSSR count). The molecule has 0 saturated carbocycles. The summed E-state index contributed by atoms with van der Waals surface area (Å²) in [4.78, 5) is 35.8. The third kappa shape index (κ3) is 7.08. The summed E-state index contributed by atoms with van der Waals surface area (Å²) in [7, 11) is 0. The second kappa shape index (κ2) is 10.7. The molecular weight excluding hydrogens is 462 g/mol. The van der Waals surface area contributed by atoms with Crippen LogP contribution in [-0.2, 0) is 14.3 Å². The summed E-state index contributed by atoms with van der Waals surface area (Å²) in [5, 5.41) is 6.43. The molecule has 0 fully saturated rings. The van der Waals surface area contributed by atoms with Crippen molar-refractivity contribution in [2.45, 2.75) is 13.0 Å². The predicted molar refractivity (Wildman–Crippen MR) is 113 cm³/mol. The van der Waals surface area contributed by atoms with Crippen molar-refractivity contribution in [3.63, 3.8) is 0 Å². The third-order valence-electron chi connectivity index (χ3n) is 3.74. The smallest absolute Gasteiger partial charge is 0.325 e. The predicted octanol–water partition coefficient (Wildman–Crippen LogP) is 4.45. The van der Waals surface area contributed by atoms with Crippen molar-refractivity contribution >= 4 is 64.2 Å². The normalized spacial score (nSPS) is 11.5. The minimum Gasteiger partial charge on any atom is -0.454 e. The molecule has 0 radical (unpaired) electrons. The number of amides is 2. The minimum atomic E-state index is -0.782. The zero-order valence-corrected chi connectivity index (χ0v) is 18.1. The average Bonchev–Trinajstić information content (AvgIpc) is 2.64. The molecule has 2 aromatic carbocycles. The van der Waals surface area contributed by atoms with E-state index >= 15 is 0 Å². The molecule has 1 atom stereocenters. The summed E-state index contributed by atoms with van der Waals surface area (Å²) < 4.78 is 4.85. The first-order valence-corrected chi connectivity index (χ1v) is 9.81. The van der Waals surface area contributed by atoms with E-state index in [1.54, 1.807) is 25.1 Å². The lowest BCUT2D eigenvalue weighted by Crippen LogP contribution is -2.34. The van der Waals surface area contributed by atoms with Gasteiger partial charge in [0.2, 0.25) is 0 Å². The van der Waals surface area contributed by atoms with Crippen LogP contribution in [0.25, 0.3) is 0 Å². The third-order valence-corrected chi connectivity index (χ3v) is 4.85. The maximum absolute atomic E-state index is 12.0. The number of hydrogen-bond donors (Lipinski definition) is 2. The molecule has 0 unspecified atom stereocenters. The highest BCUT2D eigenvalue weighted by atomic mass is 35.5. The van der Waals surface area contributed by atoms with E-state index in [1.165, 1.54) is 18.2 Å². The summed E-state index contributed by atoms with van der Waals surface area (Å²) in [6, 6.07) is 8.84. The monoisotopic (exact) mass is 476 g/mol. The van der Waals surface area contributed by atoms with Gasteiger partial charge in [-0.05, 0) is 42.8 Å². The average molecular weight is 478 g/mol. The molecule has 0 bridgehead atoms. The molecule has 29 heavy (non-hydrogen) atoms. The van der Waals surface area contributed by atoms with Crippen LogP contribution in [0.5, 0.6) is 0 Å². The van der Waals surface area contributed by atoms with Crippen LogP contribution in [-0.4, -0.2) is 30.9 Å². The molecule has 6 nitrogen and oxygen atoms in total. The van der Waals surface area contributed by atoms with Crippen molar-refractivity contribution in [2.75, 3.05) is 13.2 Å². The van der Waals surface area contributed by atoms with Crippen molar-refractivity contribution in [3.05, 3.63) is 67.6 Å². The number of hydrogen-bond acceptors (Lipinski definition) is 4. The Bertz CT molecular complexity index is 936. The van der Waals surface area contributed by atoms with E-state index in [9.17, 15) is 14.4 Å². The fourth-order valence-electron chi connectivity index (χ4n) is 2.33. The number of carbonyl (C=O) groups excluding carboxylic acids is 3. The highest BCUT2D eigenvalue weighted by Crippen LogP contribution is 2.26. The van der Waals surface area contributed by atoms with Gasteiger partial charge < -0.3 is 15.4 Å². The first kappa shape index (κ1) is 23.3. The van der Waals surface area contributed by atoms with Crippen LogP contribution < -0.4 is 10.6 Å². The summed E-state index contributed by atoms with van der Waals surface area (Å²) in [6.45, 7) is 0.792. The molecule has 0 aliphatic rings. The molecule has 2 amide bonds. The molecule has 0 saturated heterocycles. The number of carbonyl (C=O) groups is 3. The van der Waals surface area contributed by atoms with Crippen LogP contribution in [0.4, 0.5) is 0 Å². The van der Waals surface area contributed by atoms with Gasteiger partial charge in [0, 0.05) is 15.1 Å². The summed E-state index contributed by atoms with van der Waals surface area (Å²) in [5.74, 6) is -1.88. The topological polar surface area (TPSA) is 84.5 Å². The molecule has 0 heterocycles. The summed E-state index contributed by atoms with van der Waals surface area (Å²) >= 11 is 23.6. The lowest BCUT2D eigenvalue weighted by molar-refractivity contribution is -0.147. The molecule has 154 valence electrons. The number of halogens is 4. The van der Waals surface area contributed by atoms with Gasteiger partial charge >= 0.3 is 5.97 Å². The summed E-state index contributed by atoms with van der Waals surface area (Å²) in [6.07, 6.45) is 0. The van der Waals surface area contributed by atoms with Crippen LogP contribution in [0, 0.1) is 0 Å². The maximum Gasteiger partial charge on any atom is 0.325 e. The van der Waals surface area contributed by atoms with E-state index in [0.717, 1.165) is 0 Å². The highest BCUT2D eigenvalue weighted by molar-refractivity contribution is 6.37. The van der Waals surface area contributed by atoms with E-state index in [-0.39, 0.29) is 10.6 Å². The second-order valence-electron chi connectivity index (χ2n) is 5.92. The van der Waals surface area contributed by atoms with Gasteiger partial charge in [0.1, 0.15) is 6.54 Å². The fourth-order valence-corrected chi connectivity index (χ4v) is 3.40. The highest BCUT2D eigenvalue weighted by Gasteiger charge is 2.16. The minimum absolute atomic E-state index is 0.151. The standard InChI is InChI=1S/C19H16Cl4N2O4/c1-10(13-4-2-11(20)6-15(13)22)25-17(26)9-29-18(27)8-24-19(28)14-5-3-12(21)7-16(14)23/h2-7,10H,8-9H2,1H3,(H,24,28)(H,25,26)/t10-/m0/s1. The number of rotatable bonds is 7. The van der Waals surface area contributed by atoms with Crippen molar-refractivity contribution in [3.8, 4) is 0 Å². The largest absolute Gasteiger partial charge is 0.454 e. The lowest BCUT2D eigenvalue weighted by Gasteiger charge is -2.16. The number of ether oxygens (including phenoxy) is 1. The Hall–Kier alpha value is -1.99. The van der Waals surface area contributed by atoms with Crippen molar-refractivity contribution < 1.29 is 19.1 Å². The van der Waals surface area contributed by atoms with Gasteiger partial charge in [-0.3, -0.25) is 14.4 Å². The van der Waals surface area contributed by atoms with Crippen molar-refractivity contribution in [1.82, 2.24) is 10.6 Å². The van der Waals surface area contributed by atoms with Crippen molar-refractivity contribution in [2.24, 2.45) is 0 Å². The molecule has 2 aromatic rings.